The van der Waals surface area contributed by atoms with Gasteiger partial charge in [-0.05, 0) is 79.1 Å². The van der Waals surface area contributed by atoms with Gasteiger partial charge in [-0.25, -0.2) is 17.7 Å². The van der Waals surface area contributed by atoms with Crippen LogP contribution in [-0.4, -0.2) is 71.6 Å². The summed E-state index contributed by atoms with van der Waals surface area (Å²) in [7, 11) is -4.61. The van der Waals surface area contributed by atoms with Gasteiger partial charge < -0.3 is 14.6 Å². The summed E-state index contributed by atoms with van der Waals surface area (Å²) in [5.41, 5.74) is -4.67. The second kappa shape index (κ2) is 12.8. The van der Waals surface area contributed by atoms with Crippen molar-refractivity contribution in [3.8, 4) is 17.1 Å². The van der Waals surface area contributed by atoms with Gasteiger partial charge >= 0.3 is 15.5 Å². The Labute approximate surface area is 276 Å². The molecule has 0 aliphatic carbocycles. The number of nitrogens with one attached hydrogen (secondary N) is 1. The molecule has 1 N–H and O–H groups in total. The fraction of sp³-hybridized carbons (Fsp3) is 0.375. The summed E-state index contributed by atoms with van der Waals surface area (Å²) in [6.07, 6.45) is -2.04. The Hall–Kier alpha value is -4.02. The first-order valence-electron chi connectivity index (χ1n) is 15.1. The molecule has 0 amide bonds. The molecule has 1 aliphatic heterocycles. The van der Waals surface area contributed by atoms with Crippen LogP contribution in [-0.2, 0) is 29.4 Å². The Bertz CT molecular complexity index is 2160. The highest BCUT2D eigenvalue weighted by molar-refractivity contribution is 7.91. The molecule has 0 fully saturated rings. The van der Waals surface area contributed by atoms with E-state index in [1.54, 1.807) is 54.5 Å². The number of hydrogen-bond donors (Lipinski definition) is 1. The first-order chi connectivity index (χ1) is 22.7. The van der Waals surface area contributed by atoms with Crippen molar-refractivity contribution in [2.24, 2.45) is 0 Å². The first-order valence-corrected chi connectivity index (χ1v) is 17.4. The van der Waals surface area contributed by atoms with Gasteiger partial charge in [-0.2, -0.15) is 21.6 Å². The van der Waals surface area contributed by atoms with Crippen LogP contribution in [0.3, 0.4) is 0 Å². The van der Waals surface area contributed by atoms with Gasteiger partial charge in [-0.15, -0.1) is 11.3 Å². The molecular weight excluding hydrogens is 678 g/mol. The van der Waals surface area contributed by atoms with Crippen molar-refractivity contribution in [2.45, 2.75) is 51.2 Å². The topological polar surface area (TPSA) is 98.5 Å². The van der Waals surface area contributed by atoms with E-state index in [0.29, 0.717) is 39.1 Å². The third-order valence-corrected chi connectivity index (χ3v) is 10.6. The molecule has 6 rings (SSSR count). The van der Waals surface area contributed by atoms with Gasteiger partial charge in [0.05, 0.1) is 47.1 Å². The molecular formula is C32H32F5N5O4S2. The number of halogens is 5. The van der Waals surface area contributed by atoms with E-state index in [9.17, 15) is 35.2 Å². The molecule has 5 aromatic rings. The number of benzene rings is 2. The van der Waals surface area contributed by atoms with Crippen molar-refractivity contribution < 1.29 is 35.1 Å². The lowest BCUT2D eigenvalue weighted by molar-refractivity contribution is -0.0444. The minimum Gasteiger partial charge on any atom is -0.497 e. The lowest BCUT2D eigenvalue weighted by atomic mass is 10.0. The lowest BCUT2D eigenvalue weighted by Crippen LogP contribution is -2.32. The molecule has 3 aromatic heterocycles. The van der Waals surface area contributed by atoms with E-state index in [-0.39, 0.29) is 58.4 Å². The van der Waals surface area contributed by atoms with Gasteiger partial charge in [0.1, 0.15) is 11.3 Å². The number of methoxy groups -OCH3 is 1. The van der Waals surface area contributed by atoms with Gasteiger partial charge in [-0.3, -0.25) is 9.69 Å². The number of alkyl halides is 5. The van der Waals surface area contributed by atoms with Crippen LogP contribution in [0.2, 0.25) is 0 Å². The van der Waals surface area contributed by atoms with Crippen LogP contribution in [0.15, 0.2) is 52.6 Å². The summed E-state index contributed by atoms with van der Waals surface area (Å²) in [4.78, 5) is 20.5. The fourth-order valence-corrected chi connectivity index (χ4v) is 7.96. The number of nitrogens with zero attached hydrogens (tertiary/aromatic N) is 4. The molecule has 16 heteroatoms. The van der Waals surface area contributed by atoms with Crippen molar-refractivity contribution in [1.29, 1.82) is 0 Å². The first kappa shape index (κ1) is 33.9. The van der Waals surface area contributed by atoms with Crippen LogP contribution in [0.25, 0.3) is 32.6 Å². The maximum Gasteiger partial charge on any atom is 0.517 e. The van der Waals surface area contributed by atoms with Crippen LogP contribution in [0.5, 0.6) is 5.75 Å². The predicted octanol–water partition coefficient (Wildman–Crippen LogP) is 6.32. The zero-order chi connectivity index (χ0) is 34.5. The zero-order valence-electron chi connectivity index (χ0n) is 26.1. The molecule has 9 nitrogen and oxygen atoms in total. The van der Waals surface area contributed by atoms with E-state index in [2.05, 4.69) is 10.3 Å². The SMILES string of the molecule is COc1ccc(Cn2c(=O)c(-c3nc4cc5c(cc4n3S(=O)(=O)C(F)(F)F)CCN(CC(F)F)CC5)c(NC(C)C)c3sccc32)cc1. The Balaban J connectivity index is 1.64. The number of ether oxygens (including phenoxy) is 1. The minimum atomic E-state index is -6.12. The summed E-state index contributed by atoms with van der Waals surface area (Å²) >= 11 is 1.25. The number of rotatable bonds is 9. The van der Waals surface area contributed by atoms with Gasteiger partial charge in [0.15, 0.2) is 5.82 Å². The zero-order valence-corrected chi connectivity index (χ0v) is 27.8. The number of imidazole rings is 1. The molecule has 0 spiro atoms. The van der Waals surface area contributed by atoms with E-state index in [4.69, 9.17) is 4.74 Å². The minimum absolute atomic E-state index is 0.0285. The van der Waals surface area contributed by atoms with Crippen molar-refractivity contribution in [1.82, 2.24) is 18.4 Å². The maximum absolute atomic E-state index is 14.5. The maximum atomic E-state index is 14.5. The van der Waals surface area contributed by atoms with Crippen molar-refractivity contribution in [3.05, 3.63) is 74.9 Å². The molecule has 1 aliphatic rings. The molecule has 0 bridgehead atoms. The molecule has 0 atom stereocenters. The van der Waals surface area contributed by atoms with Crippen molar-refractivity contribution in [3.63, 3.8) is 0 Å². The number of aromatic nitrogens is 3. The van der Waals surface area contributed by atoms with Gasteiger partial charge in [0, 0.05) is 19.1 Å². The van der Waals surface area contributed by atoms with E-state index in [1.807, 2.05) is 0 Å². The smallest absolute Gasteiger partial charge is 0.497 e. The number of anilines is 1. The number of hydrogen-bond acceptors (Lipinski definition) is 8. The van der Waals surface area contributed by atoms with E-state index in [1.165, 1.54) is 35.1 Å². The molecule has 256 valence electrons. The predicted molar refractivity (Wildman–Crippen MR) is 176 cm³/mol. The average Bonchev–Trinajstić information content (AvgIpc) is 3.59. The molecule has 0 radical (unpaired) electrons. The van der Waals surface area contributed by atoms with Crippen LogP contribution < -0.4 is 15.6 Å². The molecule has 2 aromatic carbocycles. The highest BCUT2D eigenvalue weighted by Crippen LogP contribution is 2.40. The quantitative estimate of drug-likeness (QED) is 0.179. The summed E-state index contributed by atoms with van der Waals surface area (Å²) in [5.74, 6) is -0.0797. The van der Waals surface area contributed by atoms with E-state index < -0.39 is 39.9 Å². The number of fused-ring (bicyclic) bond motifs is 3. The van der Waals surface area contributed by atoms with Crippen LogP contribution in [0.4, 0.5) is 27.6 Å². The Kier molecular flexibility index (Phi) is 9.02. The Morgan fingerprint density at radius 2 is 1.69 bits per heavy atom. The third-order valence-electron chi connectivity index (χ3n) is 8.29. The van der Waals surface area contributed by atoms with Gasteiger partial charge in [0.25, 0.3) is 12.0 Å². The molecule has 4 heterocycles. The highest BCUT2D eigenvalue weighted by Gasteiger charge is 2.50. The third kappa shape index (κ3) is 6.16. The molecule has 48 heavy (non-hydrogen) atoms. The molecule has 0 saturated carbocycles. The Morgan fingerprint density at radius 3 is 2.29 bits per heavy atom. The van der Waals surface area contributed by atoms with Crippen molar-refractivity contribution in [2.75, 3.05) is 32.1 Å². The number of thiophene rings is 1. The highest BCUT2D eigenvalue weighted by atomic mass is 32.2. The van der Waals surface area contributed by atoms with Gasteiger partial charge in [0.2, 0.25) is 0 Å². The van der Waals surface area contributed by atoms with Crippen LogP contribution >= 0.6 is 11.3 Å². The molecule has 0 unspecified atom stereocenters. The van der Waals surface area contributed by atoms with Crippen LogP contribution in [0.1, 0.15) is 30.5 Å². The summed E-state index contributed by atoms with van der Waals surface area (Å²) in [6.45, 7) is 3.64. The normalized spacial score (nSPS) is 14.6. The average molecular weight is 710 g/mol. The van der Waals surface area contributed by atoms with Gasteiger partial charge in [-0.1, -0.05) is 12.1 Å². The van der Waals surface area contributed by atoms with Crippen LogP contribution in [0, 0.1) is 0 Å². The summed E-state index contributed by atoms with van der Waals surface area (Å²) in [5, 5.41) is 4.92. The summed E-state index contributed by atoms with van der Waals surface area (Å²) in [6, 6.07) is 11.2. The Morgan fingerprint density at radius 1 is 1.02 bits per heavy atom. The standard InChI is InChI=1S/C32H32F5N5O4S2/c1-18(2)38-28-27(31(43)41(24-10-13-47-29(24)28)16-19-4-6-22(46-3)7-5-19)30-39-23-14-20-8-11-40(17-26(33)34)12-9-21(20)15-25(23)42(30)48(44,45)32(35,36)37/h4-7,10,13-15,18,26,38H,8-9,11-12,16-17H2,1-3H3. The monoisotopic (exact) mass is 709 g/mol. The second-order valence-electron chi connectivity index (χ2n) is 11.9. The number of pyridine rings is 1. The van der Waals surface area contributed by atoms with Crippen molar-refractivity contribution >= 4 is 48.3 Å². The molecule has 0 saturated heterocycles. The van der Waals surface area contributed by atoms with E-state index >= 15 is 0 Å². The summed E-state index contributed by atoms with van der Waals surface area (Å²) < 4.78 is 104. The largest absolute Gasteiger partial charge is 0.517 e. The lowest BCUT2D eigenvalue weighted by Gasteiger charge is -2.20. The van der Waals surface area contributed by atoms with E-state index in [0.717, 1.165) is 0 Å². The second-order valence-corrected chi connectivity index (χ2v) is 14.6. The fourth-order valence-electron chi connectivity index (χ4n) is 6.08.